The minimum absolute atomic E-state index is 0.684. The van der Waals surface area contributed by atoms with E-state index < -0.39 is 0 Å². The molecule has 0 aromatic heterocycles. The quantitative estimate of drug-likeness (QED) is 0.556. The van der Waals surface area contributed by atoms with Crippen LogP contribution in [0.15, 0.2) is 0 Å². The van der Waals surface area contributed by atoms with Gasteiger partial charge in [0, 0.05) is 10.8 Å². The molecule has 12 rings (SSSR count). The van der Waals surface area contributed by atoms with E-state index in [2.05, 4.69) is 11.8 Å². The Balaban J connectivity index is 1.17. The molecule has 0 N–H and O–H groups in total. The largest absolute Gasteiger partial charge is 0.0949 e. The summed E-state index contributed by atoms with van der Waals surface area (Å²) in [6.45, 7) is 0. The van der Waals surface area contributed by atoms with Crippen LogP contribution in [0, 0.1) is 106 Å². The maximum atomic E-state index is 4.00. The molecule has 12 fully saturated rings. The standard InChI is InChI=1S/C18H14/c1(17-11-5-3-6(11)13(17)7(3)12(5)17)2-18-14-8-4-9(14)16(18)10(4)15(8)18/h3-16H. The summed E-state index contributed by atoms with van der Waals surface area (Å²) in [5.41, 5.74) is 1.37. The van der Waals surface area contributed by atoms with Gasteiger partial charge in [0.2, 0.25) is 0 Å². The Morgan fingerprint density at radius 3 is 0.944 bits per heavy atom. The minimum atomic E-state index is 0.684. The van der Waals surface area contributed by atoms with Gasteiger partial charge in [0.15, 0.2) is 0 Å². The summed E-state index contributed by atoms with van der Waals surface area (Å²) in [5, 5.41) is 0. The van der Waals surface area contributed by atoms with E-state index in [9.17, 15) is 0 Å². The van der Waals surface area contributed by atoms with Gasteiger partial charge in [-0.25, -0.2) is 0 Å². The third-order valence-electron chi connectivity index (χ3n) is 11.4. The van der Waals surface area contributed by atoms with E-state index in [1.807, 2.05) is 0 Å². The lowest BCUT2D eigenvalue weighted by molar-refractivity contribution is -0.600. The van der Waals surface area contributed by atoms with E-state index in [1.54, 1.807) is 0 Å². The molecule has 86 valence electrons. The highest BCUT2D eigenvalue weighted by molar-refractivity contribution is 5.60. The van der Waals surface area contributed by atoms with Gasteiger partial charge in [-0.3, -0.25) is 0 Å². The highest BCUT2D eigenvalue weighted by Gasteiger charge is 3.06. The molecule has 12 aliphatic carbocycles. The van der Waals surface area contributed by atoms with Crippen LogP contribution in [-0.2, 0) is 0 Å². The average Bonchev–Trinajstić information content (AvgIpc) is 2.46. The van der Waals surface area contributed by atoms with Crippen molar-refractivity contribution in [3.05, 3.63) is 0 Å². The lowest BCUT2D eigenvalue weighted by Gasteiger charge is -3.07. The Morgan fingerprint density at radius 1 is 0.389 bits per heavy atom. The predicted molar refractivity (Wildman–Crippen MR) is 61.5 cm³/mol. The van der Waals surface area contributed by atoms with Gasteiger partial charge >= 0.3 is 0 Å². The summed E-state index contributed by atoms with van der Waals surface area (Å²) in [6.07, 6.45) is 0. The molecule has 12 aliphatic rings. The molecular weight excluding hydrogens is 216 g/mol. The van der Waals surface area contributed by atoms with Crippen molar-refractivity contribution in [2.75, 3.05) is 0 Å². The van der Waals surface area contributed by atoms with Crippen molar-refractivity contribution in [2.24, 2.45) is 93.7 Å². The summed E-state index contributed by atoms with van der Waals surface area (Å²) in [4.78, 5) is 0. The van der Waals surface area contributed by atoms with Gasteiger partial charge in [-0.2, -0.15) is 0 Å². The fourth-order valence-electron chi connectivity index (χ4n) is 11.6. The molecule has 0 saturated heterocycles. The van der Waals surface area contributed by atoms with Gasteiger partial charge in [0.25, 0.3) is 0 Å². The molecule has 0 unspecified atom stereocenters. The maximum absolute atomic E-state index is 4.00. The molecule has 0 heterocycles. The van der Waals surface area contributed by atoms with Crippen LogP contribution in [0.5, 0.6) is 0 Å². The van der Waals surface area contributed by atoms with E-state index in [1.165, 1.54) is 47.3 Å². The van der Waals surface area contributed by atoms with Gasteiger partial charge in [-0.1, -0.05) is 11.8 Å². The Hall–Kier alpha value is -0.440. The first-order chi connectivity index (χ1) is 8.94. The smallest absolute Gasteiger partial charge is 0.0416 e. The minimum Gasteiger partial charge on any atom is -0.0949 e. The normalized spacial score (nSPS) is 106. The molecule has 0 spiro atoms. The molecule has 0 amide bonds. The molecular formula is C18H14. The molecule has 0 aromatic rings. The highest BCUT2D eigenvalue weighted by atomic mass is 15.1. The molecule has 0 bridgehead atoms. The van der Waals surface area contributed by atoms with Crippen LogP contribution in [0.3, 0.4) is 0 Å². The van der Waals surface area contributed by atoms with Crippen LogP contribution in [0.25, 0.3) is 0 Å². The molecule has 0 heteroatoms. The summed E-state index contributed by atoms with van der Waals surface area (Å²) in [5.74, 6) is 24.8. The SMILES string of the molecule is C(#CC12C3C4C5C3C1C5C42)C12C3C4C5C3C1C5C42. The van der Waals surface area contributed by atoms with Crippen molar-refractivity contribution in [3.63, 3.8) is 0 Å². The van der Waals surface area contributed by atoms with Crippen molar-refractivity contribution in [2.45, 2.75) is 0 Å². The Bertz CT molecular complexity index is 569. The monoisotopic (exact) mass is 230 g/mol. The van der Waals surface area contributed by atoms with E-state index in [0.29, 0.717) is 10.8 Å². The zero-order valence-corrected chi connectivity index (χ0v) is 10.1. The van der Waals surface area contributed by atoms with E-state index in [0.717, 1.165) is 35.5 Å². The first-order valence-corrected chi connectivity index (χ1v) is 8.48. The van der Waals surface area contributed by atoms with Gasteiger partial charge in [-0.15, -0.1) is 0 Å². The number of rotatable bonds is 0. The van der Waals surface area contributed by atoms with Crippen molar-refractivity contribution in [3.8, 4) is 11.8 Å². The second-order valence-electron chi connectivity index (χ2n) is 9.89. The summed E-state index contributed by atoms with van der Waals surface area (Å²) in [6, 6.07) is 0. The first-order valence-electron chi connectivity index (χ1n) is 8.48. The number of hydrogen-bond donors (Lipinski definition) is 0. The topological polar surface area (TPSA) is 0 Å². The van der Waals surface area contributed by atoms with Crippen molar-refractivity contribution < 1.29 is 0 Å². The van der Waals surface area contributed by atoms with Crippen LogP contribution >= 0.6 is 0 Å². The van der Waals surface area contributed by atoms with Crippen LogP contribution in [0.2, 0.25) is 0 Å². The predicted octanol–water partition coefficient (Wildman–Crippen LogP) is 1.73. The Morgan fingerprint density at radius 2 is 0.667 bits per heavy atom. The second-order valence-corrected chi connectivity index (χ2v) is 9.89. The summed E-state index contributed by atoms with van der Waals surface area (Å²) < 4.78 is 0. The average molecular weight is 230 g/mol. The maximum Gasteiger partial charge on any atom is 0.0416 e. The van der Waals surface area contributed by atoms with Gasteiger partial charge in [0.05, 0.1) is 0 Å². The lowest BCUT2D eigenvalue weighted by atomic mass is 8.96. The Kier molecular flexibility index (Phi) is 0.493. The van der Waals surface area contributed by atoms with Crippen LogP contribution in [-0.4, -0.2) is 0 Å². The lowest BCUT2D eigenvalue weighted by Crippen LogP contribution is -3.06. The van der Waals surface area contributed by atoms with Crippen LogP contribution < -0.4 is 0 Å². The second kappa shape index (κ2) is 1.30. The molecule has 0 atom stereocenters. The first kappa shape index (κ1) is 6.83. The van der Waals surface area contributed by atoms with Crippen LogP contribution in [0.4, 0.5) is 0 Å². The van der Waals surface area contributed by atoms with E-state index in [4.69, 9.17) is 0 Å². The zero-order chi connectivity index (χ0) is 10.5. The van der Waals surface area contributed by atoms with Crippen LogP contribution in [0.1, 0.15) is 0 Å². The fourth-order valence-corrected chi connectivity index (χ4v) is 11.6. The van der Waals surface area contributed by atoms with Crippen molar-refractivity contribution in [1.29, 1.82) is 0 Å². The number of hydrogen-bond acceptors (Lipinski definition) is 0. The van der Waals surface area contributed by atoms with Crippen molar-refractivity contribution >= 4 is 0 Å². The molecule has 0 nitrogen and oxygen atoms in total. The molecule has 0 aromatic carbocycles. The van der Waals surface area contributed by atoms with Crippen molar-refractivity contribution in [1.82, 2.24) is 0 Å². The van der Waals surface area contributed by atoms with E-state index in [-0.39, 0.29) is 0 Å². The molecule has 12 saturated carbocycles. The third-order valence-corrected chi connectivity index (χ3v) is 11.4. The molecule has 0 aliphatic heterocycles. The molecule has 0 radical (unpaired) electrons. The van der Waals surface area contributed by atoms with Gasteiger partial charge in [-0.05, 0) is 82.9 Å². The zero-order valence-electron chi connectivity index (χ0n) is 10.1. The van der Waals surface area contributed by atoms with E-state index >= 15 is 0 Å². The third kappa shape index (κ3) is 0.251. The molecule has 18 heavy (non-hydrogen) atoms. The fraction of sp³-hybridized carbons (Fsp3) is 0.889. The van der Waals surface area contributed by atoms with Gasteiger partial charge < -0.3 is 0 Å². The summed E-state index contributed by atoms with van der Waals surface area (Å²) >= 11 is 0. The Labute approximate surface area is 106 Å². The van der Waals surface area contributed by atoms with Gasteiger partial charge in [0.1, 0.15) is 0 Å². The highest BCUT2D eigenvalue weighted by Crippen LogP contribution is 3.07. The summed E-state index contributed by atoms with van der Waals surface area (Å²) in [7, 11) is 0.